The molecule has 0 aliphatic rings. The van der Waals surface area contributed by atoms with E-state index in [4.69, 9.17) is 39.5 Å². The number of hydrogen-bond acceptors (Lipinski definition) is 1. The number of methoxy groups -OCH3 is 1. The predicted octanol–water partition coefficient (Wildman–Crippen LogP) is 5.52. The topological polar surface area (TPSA) is 9.23 Å². The molecular weight excluding hydrogens is 303 g/mol. The molecule has 1 unspecified atom stereocenters. The molecule has 0 radical (unpaired) electrons. The van der Waals surface area contributed by atoms with E-state index >= 15 is 0 Å². The van der Waals surface area contributed by atoms with E-state index in [0.717, 1.165) is 16.9 Å². The molecule has 0 bridgehead atoms. The van der Waals surface area contributed by atoms with Crippen molar-refractivity contribution in [2.75, 3.05) is 7.11 Å². The number of benzene rings is 2. The Kier molecular flexibility index (Phi) is 4.98. The average molecular weight is 316 g/mol. The predicted molar refractivity (Wildman–Crippen MR) is 81.8 cm³/mol. The molecule has 0 fully saturated rings. The summed E-state index contributed by atoms with van der Waals surface area (Å²) in [6.07, 6.45) is 0.665. The minimum Gasteiger partial charge on any atom is -0.497 e. The fourth-order valence-corrected chi connectivity index (χ4v) is 2.72. The van der Waals surface area contributed by atoms with Crippen molar-refractivity contribution in [3.63, 3.8) is 0 Å². The highest BCUT2D eigenvalue weighted by Gasteiger charge is 2.13. The molecule has 0 N–H and O–H groups in total. The summed E-state index contributed by atoms with van der Waals surface area (Å²) in [5.41, 5.74) is 1.94. The van der Waals surface area contributed by atoms with Gasteiger partial charge in [-0.25, -0.2) is 0 Å². The van der Waals surface area contributed by atoms with Crippen LogP contribution in [0.2, 0.25) is 10.0 Å². The summed E-state index contributed by atoms with van der Waals surface area (Å²) >= 11 is 18.6. The third-order valence-electron chi connectivity index (χ3n) is 2.84. The van der Waals surface area contributed by atoms with Crippen molar-refractivity contribution in [1.82, 2.24) is 0 Å². The van der Waals surface area contributed by atoms with Crippen LogP contribution < -0.4 is 4.74 Å². The minimum absolute atomic E-state index is 0.224. The largest absolute Gasteiger partial charge is 0.497 e. The van der Waals surface area contributed by atoms with E-state index in [1.165, 1.54) is 0 Å². The highest BCUT2D eigenvalue weighted by molar-refractivity contribution is 6.34. The van der Waals surface area contributed by atoms with E-state index in [1.807, 2.05) is 30.3 Å². The summed E-state index contributed by atoms with van der Waals surface area (Å²) in [4.78, 5) is 0. The summed E-state index contributed by atoms with van der Waals surface area (Å²) < 4.78 is 5.19. The summed E-state index contributed by atoms with van der Waals surface area (Å²) in [7, 11) is 1.64. The van der Waals surface area contributed by atoms with Gasteiger partial charge in [0.15, 0.2) is 0 Å². The zero-order valence-corrected chi connectivity index (χ0v) is 12.6. The minimum atomic E-state index is -0.224. The van der Waals surface area contributed by atoms with Crippen LogP contribution in [0.4, 0.5) is 0 Å². The molecule has 1 atom stereocenters. The van der Waals surface area contributed by atoms with Gasteiger partial charge >= 0.3 is 0 Å². The van der Waals surface area contributed by atoms with E-state index in [-0.39, 0.29) is 5.38 Å². The van der Waals surface area contributed by atoms with Gasteiger partial charge in [-0.05, 0) is 47.9 Å². The van der Waals surface area contributed by atoms with E-state index in [1.54, 1.807) is 19.2 Å². The molecule has 0 aliphatic carbocycles. The summed E-state index contributed by atoms with van der Waals surface area (Å²) in [5, 5.41) is 1.04. The molecule has 0 spiro atoms. The Labute approximate surface area is 128 Å². The van der Waals surface area contributed by atoms with Gasteiger partial charge in [0.25, 0.3) is 0 Å². The first-order valence-electron chi connectivity index (χ1n) is 5.82. The van der Waals surface area contributed by atoms with E-state index in [2.05, 4.69) is 0 Å². The maximum absolute atomic E-state index is 6.43. The average Bonchev–Trinajstić information content (AvgIpc) is 2.41. The number of rotatable bonds is 4. The van der Waals surface area contributed by atoms with Gasteiger partial charge in [-0.1, -0.05) is 35.3 Å². The Bertz CT molecular complexity index is 569. The standard InChI is InChI=1S/C15H13Cl3O/c1-19-12-4-2-3-10(7-12)8-15(18)13-9-11(16)5-6-14(13)17/h2-7,9,15H,8H2,1H3. The Hall–Kier alpha value is -0.890. The number of halogens is 3. The van der Waals surface area contributed by atoms with E-state index < -0.39 is 0 Å². The maximum atomic E-state index is 6.43. The van der Waals surface area contributed by atoms with Crippen LogP contribution in [0, 0.1) is 0 Å². The van der Waals surface area contributed by atoms with Crippen molar-refractivity contribution in [2.45, 2.75) is 11.8 Å². The lowest BCUT2D eigenvalue weighted by molar-refractivity contribution is 0.414. The molecule has 0 heterocycles. The summed E-state index contributed by atoms with van der Waals surface area (Å²) in [5.74, 6) is 0.818. The molecule has 4 heteroatoms. The van der Waals surface area contributed by atoms with Crippen molar-refractivity contribution >= 4 is 34.8 Å². The molecule has 0 aromatic heterocycles. The molecule has 19 heavy (non-hydrogen) atoms. The maximum Gasteiger partial charge on any atom is 0.119 e. The highest BCUT2D eigenvalue weighted by atomic mass is 35.5. The van der Waals surface area contributed by atoms with Gasteiger partial charge in [0.2, 0.25) is 0 Å². The van der Waals surface area contributed by atoms with Gasteiger partial charge in [-0.3, -0.25) is 0 Å². The van der Waals surface area contributed by atoms with E-state index in [0.29, 0.717) is 16.5 Å². The van der Waals surface area contributed by atoms with Crippen molar-refractivity contribution in [1.29, 1.82) is 0 Å². The second-order valence-electron chi connectivity index (χ2n) is 4.19. The monoisotopic (exact) mass is 314 g/mol. The van der Waals surface area contributed by atoms with Crippen molar-refractivity contribution in [3.8, 4) is 5.75 Å². The highest BCUT2D eigenvalue weighted by Crippen LogP contribution is 2.33. The molecule has 2 aromatic carbocycles. The lowest BCUT2D eigenvalue weighted by Gasteiger charge is -2.13. The lowest BCUT2D eigenvalue weighted by atomic mass is 10.0. The smallest absolute Gasteiger partial charge is 0.119 e. The summed E-state index contributed by atoms with van der Waals surface area (Å²) in [6.45, 7) is 0. The Balaban J connectivity index is 2.20. The van der Waals surface area contributed by atoms with Crippen molar-refractivity contribution in [2.24, 2.45) is 0 Å². The fraction of sp³-hybridized carbons (Fsp3) is 0.200. The van der Waals surface area contributed by atoms with Gasteiger partial charge in [0.05, 0.1) is 12.5 Å². The molecule has 0 saturated carbocycles. The van der Waals surface area contributed by atoms with Crippen LogP contribution in [0.5, 0.6) is 5.75 Å². The Morgan fingerprint density at radius 3 is 2.63 bits per heavy atom. The number of alkyl halides is 1. The van der Waals surface area contributed by atoms with Crippen molar-refractivity contribution < 1.29 is 4.74 Å². The SMILES string of the molecule is COc1cccc(CC(Cl)c2cc(Cl)ccc2Cl)c1. The van der Waals surface area contributed by atoms with Crippen LogP contribution in [-0.2, 0) is 6.42 Å². The molecule has 100 valence electrons. The number of hydrogen-bond donors (Lipinski definition) is 0. The molecular formula is C15H13Cl3O. The second-order valence-corrected chi connectivity index (χ2v) is 5.56. The first-order valence-corrected chi connectivity index (χ1v) is 7.01. The van der Waals surface area contributed by atoms with Gasteiger partial charge in [-0.2, -0.15) is 0 Å². The molecule has 2 aromatic rings. The van der Waals surface area contributed by atoms with Crippen LogP contribution in [0.1, 0.15) is 16.5 Å². The normalized spacial score (nSPS) is 12.2. The fourth-order valence-electron chi connectivity index (χ4n) is 1.87. The summed E-state index contributed by atoms with van der Waals surface area (Å²) in [6, 6.07) is 13.1. The van der Waals surface area contributed by atoms with Crippen LogP contribution in [-0.4, -0.2) is 7.11 Å². The van der Waals surface area contributed by atoms with Gasteiger partial charge < -0.3 is 4.74 Å². The number of ether oxygens (including phenoxy) is 1. The van der Waals surface area contributed by atoms with Gasteiger partial charge in [0.1, 0.15) is 5.75 Å². The first-order chi connectivity index (χ1) is 9.10. The van der Waals surface area contributed by atoms with Crippen LogP contribution >= 0.6 is 34.8 Å². The molecule has 1 nitrogen and oxygen atoms in total. The second kappa shape index (κ2) is 6.51. The zero-order chi connectivity index (χ0) is 13.8. The third-order valence-corrected chi connectivity index (χ3v) is 3.81. The van der Waals surface area contributed by atoms with Crippen LogP contribution in [0.15, 0.2) is 42.5 Å². The molecule has 0 amide bonds. The van der Waals surface area contributed by atoms with Crippen molar-refractivity contribution in [3.05, 3.63) is 63.6 Å². The third kappa shape index (κ3) is 3.79. The lowest BCUT2D eigenvalue weighted by Crippen LogP contribution is -1.97. The first kappa shape index (κ1) is 14.5. The van der Waals surface area contributed by atoms with Crippen LogP contribution in [0.3, 0.4) is 0 Å². The Morgan fingerprint density at radius 1 is 1.11 bits per heavy atom. The van der Waals surface area contributed by atoms with Gasteiger partial charge in [-0.15, -0.1) is 11.6 Å². The van der Waals surface area contributed by atoms with Crippen LogP contribution in [0.25, 0.3) is 0 Å². The zero-order valence-electron chi connectivity index (χ0n) is 10.4. The quantitative estimate of drug-likeness (QED) is 0.675. The molecule has 0 aliphatic heterocycles. The Morgan fingerprint density at radius 2 is 1.89 bits per heavy atom. The molecule has 2 rings (SSSR count). The molecule has 0 saturated heterocycles. The van der Waals surface area contributed by atoms with E-state index in [9.17, 15) is 0 Å². The van der Waals surface area contributed by atoms with Gasteiger partial charge in [0, 0.05) is 10.0 Å².